The van der Waals surface area contributed by atoms with Gasteiger partial charge in [-0.2, -0.15) is 5.10 Å². The van der Waals surface area contributed by atoms with E-state index < -0.39 is 11.2 Å². The van der Waals surface area contributed by atoms with Crippen LogP contribution in [0, 0.1) is 5.92 Å². The highest BCUT2D eigenvalue weighted by molar-refractivity contribution is 8.15. The van der Waals surface area contributed by atoms with Crippen molar-refractivity contribution in [3.8, 4) is 0 Å². The highest BCUT2D eigenvalue weighted by Crippen LogP contribution is 2.24. The number of rotatable bonds is 8. The summed E-state index contributed by atoms with van der Waals surface area (Å²) in [5.41, 5.74) is 1.97. The lowest BCUT2D eigenvalue weighted by Gasteiger charge is -2.21. The number of carboxylic acid groups (broad SMARTS) is 1. The molecule has 1 aliphatic carbocycles. The highest BCUT2D eigenvalue weighted by atomic mass is 32.2. The second-order valence-corrected chi connectivity index (χ2v) is 8.30. The number of carbonyl (C=O) groups is 2. The maximum Gasteiger partial charge on any atom is 0.305 e. The molecule has 28 heavy (non-hydrogen) atoms. The Bertz CT molecular complexity index is 760. The molecular weight excluding hydrogens is 378 g/mol. The Balaban J connectivity index is 1.48. The van der Waals surface area contributed by atoms with Crippen LogP contribution in [0.1, 0.15) is 49.7 Å². The van der Waals surface area contributed by atoms with Gasteiger partial charge in [-0.25, -0.2) is 0 Å². The number of thioether (sulfide) groups is 1. The molecule has 0 bridgehead atoms. The minimum atomic E-state index is -1.01. The lowest BCUT2D eigenvalue weighted by atomic mass is 9.90. The van der Waals surface area contributed by atoms with Crippen LogP contribution < -0.4 is 5.32 Å². The first kappa shape index (κ1) is 20.5. The quantitative estimate of drug-likeness (QED) is 0.513. The summed E-state index contributed by atoms with van der Waals surface area (Å²) in [7, 11) is 0. The number of carbonyl (C=O) groups excluding carboxylic acids is 1. The van der Waals surface area contributed by atoms with E-state index in [1.807, 2.05) is 24.3 Å². The number of ether oxygens (including phenoxy) is 1. The van der Waals surface area contributed by atoms with Gasteiger partial charge in [0.05, 0.1) is 19.2 Å². The minimum Gasteiger partial charge on any atom is -0.481 e. The van der Waals surface area contributed by atoms with Crippen molar-refractivity contribution in [1.82, 2.24) is 5.32 Å². The normalized spacial score (nSPS) is 22.1. The molecule has 2 aliphatic rings. The first-order chi connectivity index (χ1) is 13.6. The molecule has 1 aromatic rings. The summed E-state index contributed by atoms with van der Waals surface area (Å²) in [4.78, 5) is 22.4. The number of nitrogens with zero attached hydrogens (tertiary/aromatic N) is 2. The Morgan fingerprint density at radius 2 is 2.14 bits per heavy atom. The Morgan fingerprint density at radius 3 is 2.93 bits per heavy atom. The summed E-state index contributed by atoms with van der Waals surface area (Å²) < 4.78 is 5.88. The topological polar surface area (TPSA) is 100 Å². The van der Waals surface area contributed by atoms with Crippen molar-refractivity contribution in [3.05, 3.63) is 35.4 Å². The Kier molecular flexibility index (Phi) is 7.62. The maximum atomic E-state index is 11.7. The standard InChI is InChI=1S/C20H25N3O4S/c24-18(25)10-17-19(26)22-20(28-17)23-21-11-15-7-4-8-16(9-15)13-27-12-14-5-2-1-3-6-14/h4,7-9,11,14,17H,1-3,5-6,10,12-13H2,(H,24,25)(H,22,23,26). The highest BCUT2D eigenvalue weighted by Gasteiger charge is 2.32. The molecule has 0 spiro atoms. The number of hydrogen-bond donors (Lipinski definition) is 2. The third-order valence-corrected chi connectivity index (χ3v) is 5.86. The summed E-state index contributed by atoms with van der Waals surface area (Å²) in [6.07, 6.45) is 7.90. The van der Waals surface area contributed by atoms with Gasteiger partial charge in [-0.1, -0.05) is 49.2 Å². The molecule has 0 aromatic heterocycles. The molecule has 1 saturated carbocycles. The zero-order valence-electron chi connectivity index (χ0n) is 15.7. The number of carboxylic acids is 1. The van der Waals surface area contributed by atoms with Crippen molar-refractivity contribution in [2.75, 3.05) is 6.61 Å². The molecule has 1 amide bonds. The molecule has 0 radical (unpaired) electrons. The van der Waals surface area contributed by atoms with Crippen molar-refractivity contribution in [1.29, 1.82) is 0 Å². The fraction of sp³-hybridized carbons (Fsp3) is 0.500. The average molecular weight is 404 g/mol. The molecule has 2 N–H and O–H groups in total. The van der Waals surface area contributed by atoms with Crippen molar-refractivity contribution < 1.29 is 19.4 Å². The molecule has 3 rings (SSSR count). The summed E-state index contributed by atoms with van der Waals surface area (Å²) in [5, 5.41) is 19.0. The van der Waals surface area contributed by atoms with Crippen LogP contribution in [0.4, 0.5) is 0 Å². The molecule has 1 aliphatic heterocycles. The number of benzene rings is 1. The van der Waals surface area contributed by atoms with Gasteiger partial charge in [0.25, 0.3) is 0 Å². The lowest BCUT2D eigenvalue weighted by molar-refractivity contribution is -0.138. The second-order valence-electron chi connectivity index (χ2n) is 7.11. The summed E-state index contributed by atoms with van der Waals surface area (Å²) in [6.45, 7) is 1.40. The van der Waals surface area contributed by atoms with Crippen LogP contribution in [0.5, 0.6) is 0 Å². The first-order valence-corrected chi connectivity index (χ1v) is 10.4. The van der Waals surface area contributed by atoms with Crippen LogP contribution in [0.2, 0.25) is 0 Å². The summed E-state index contributed by atoms with van der Waals surface area (Å²) >= 11 is 1.08. The van der Waals surface area contributed by atoms with E-state index in [1.54, 1.807) is 6.21 Å². The molecule has 1 heterocycles. The van der Waals surface area contributed by atoms with E-state index in [9.17, 15) is 9.59 Å². The monoisotopic (exact) mass is 403 g/mol. The average Bonchev–Trinajstić information content (AvgIpc) is 3.02. The van der Waals surface area contributed by atoms with Crippen molar-refractivity contribution in [2.24, 2.45) is 16.1 Å². The zero-order chi connectivity index (χ0) is 19.8. The minimum absolute atomic E-state index is 0.234. The number of nitrogens with one attached hydrogen (secondary N) is 1. The van der Waals surface area contributed by atoms with Gasteiger partial charge in [0.1, 0.15) is 5.25 Å². The zero-order valence-corrected chi connectivity index (χ0v) is 16.5. The van der Waals surface area contributed by atoms with Gasteiger partial charge in [-0.05, 0) is 36.0 Å². The molecular formula is C20H25N3O4S. The largest absolute Gasteiger partial charge is 0.481 e. The Hall–Kier alpha value is -2.19. The number of hydrogen-bond acceptors (Lipinski definition) is 6. The number of amidine groups is 1. The molecule has 1 saturated heterocycles. The van der Waals surface area contributed by atoms with E-state index >= 15 is 0 Å². The fourth-order valence-corrected chi connectivity index (χ4v) is 4.27. The molecule has 150 valence electrons. The molecule has 1 aromatic carbocycles. The van der Waals surface area contributed by atoms with Gasteiger partial charge >= 0.3 is 5.97 Å². The molecule has 1 unspecified atom stereocenters. The summed E-state index contributed by atoms with van der Waals surface area (Å²) in [5.74, 6) is -0.670. The van der Waals surface area contributed by atoms with E-state index in [0.29, 0.717) is 17.7 Å². The number of aliphatic carboxylic acids is 1. The van der Waals surface area contributed by atoms with Gasteiger partial charge < -0.3 is 15.2 Å². The first-order valence-electron chi connectivity index (χ1n) is 9.57. The third-order valence-electron chi connectivity index (χ3n) is 4.79. The smallest absolute Gasteiger partial charge is 0.305 e. The SMILES string of the molecule is O=C(O)CC1SC(=NN=Cc2cccc(COCC3CCCCC3)c2)NC1=O. The van der Waals surface area contributed by atoms with E-state index in [0.717, 1.165) is 29.5 Å². The van der Waals surface area contributed by atoms with Crippen LogP contribution in [-0.4, -0.2) is 40.2 Å². The Morgan fingerprint density at radius 1 is 1.32 bits per heavy atom. The van der Waals surface area contributed by atoms with E-state index in [1.165, 1.54) is 32.1 Å². The van der Waals surface area contributed by atoms with Gasteiger partial charge in [-0.15, -0.1) is 5.10 Å². The van der Waals surface area contributed by atoms with Crippen LogP contribution in [-0.2, 0) is 20.9 Å². The van der Waals surface area contributed by atoms with Gasteiger partial charge in [0, 0.05) is 6.61 Å². The van der Waals surface area contributed by atoms with E-state index in [2.05, 4.69) is 15.5 Å². The fourth-order valence-electron chi connectivity index (χ4n) is 3.35. The van der Waals surface area contributed by atoms with E-state index in [4.69, 9.17) is 9.84 Å². The Labute approximate surface area is 168 Å². The van der Waals surface area contributed by atoms with Gasteiger partial charge in [-0.3, -0.25) is 9.59 Å². The third kappa shape index (κ3) is 6.45. The van der Waals surface area contributed by atoms with Crippen LogP contribution in [0.25, 0.3) is 0 Å². The van der Waals surface area contributed by atoms with Gasteiger partial charge in [0.15, 0.2) is 5.17 Å². The lowest BCUT2D eigenvalue weighted by Crippen LogP contribution is -2.26. The van der Waals surface area contributed by atoms with E-state index in [-0.39, 0.29) is 12.3 Å². The van der Waals surface area contributed by atoms with Crippen LogP contribution in [0.3, 0.4) is 0 Å². The summed E-state index contributed by atoms with van der Waals surface area (Å²) in [6, 6.07) is 7.89. The van der Waals surface area contributed by atoms with Crippen LogP contribution in [0.15, 0.2) is 34.5 Å². The number of amides is 1. The molecule has 2 fully saturated rings. The van der Waals surface area contributed by atoms with Crippen LogP contribution >= 0.6 is 11.8 Å². The molecule has 1 atom stereocenters. The van der Waals surface area contributed by atoms with Crippen molar-refractivity contribution in [3.63, 3.8) is 0 Å². The van der Waals surface area contributed by atoms with Crippen molar-refractivity contribution >= 4 is 35.0 Å². The predicted molar refractivity (Wildman–Crippen MR) is 109 cm³/mol. The predicted octanol–water partition coefficient (Wildman–Crippen LogP) is 3.18. The van der Waals surface area contributed by atoms with Gasteiger partial charge in [0.2, 0.25) is 5.91 Å². The second kappa shape index (κ2) is 10.4. The molecule has 7 nitrogen and oxygen atoms in total. The maximum absolute atomic E-state index is 11.7. The molecule has 8 heteroatoms. The van der Waals surface area contributed by atoms with Crippen molar-refractivity contribution in [2.45, 2.75) is 50.4 Å².